The Morgan fingerprint density at radius 2 is 1.97 bits per heavy atom. The van der Waals surface area contributed by atoms with Crippen LogP contribution in [-0.4, -0.2) is 24.4 Å². The zero-order chi connectivity index (χ0) is 20.4. The van der Waals surface area contributed by atoms with Crippen LogP contribution in [0.3, 0.4) is 0 Å². The standard InChI is InChI=1S/C19H13N5O3S2/c1-2-8-23-17(25)15-14(12-6-4-3-5-7-12)11-28-16(15)22-19(23)29-18-20-9-13(10-21-18)24(26)27/h2-7,9-11H,1,8H2. The lowest BCUT2D eigenvalue weighted by Gasteiger charge is -2.10. The van der Waals surface area contributed by atoms with E-state index in [0.717, 1.165) is 35.3 Å². The van der Waals surface area contributed by atoms with Crippen LogP contribution in [0, 0.1) is 10.1 Å². The third kappa shape index (κ3) is 3.67. The van der Waals surface area contributed by atoms with Crippen LogP contribution in [0.5, 0.6) is 0 Å². The van der Waals surface area contributed by atoms with Crippen LogP contribution in [-0.2, 0) is 6.54 Å². The summed E-state index contributed by atoms with van der Waals surface area (Å²) in [4.78, 5) is 36.7. The van der Waals surface area contributed by atoms with Gasteiger partial charge < -0.3 is 0 Å². The summed E-state index contributed by atoms with van der Waals surface area (Å²) in [5, 5.41) is 13.9. The fourth-order valence-corrected chi connectivity index (χ4v) is 4.52. The van der Waals surface area contributed by atoms with Crippen molar-refractivity contribution in [2.45, 2.75) is 16.9 Å². The lowest BCUT2D eigenvalue weighted by atomic mass is 10.1. The van der Waals surface area contributed by atoms with Gasteiger partial charge in [-0.25, -0.2) is 15.0 Å². The Morgan fingerprint density at radius 3 is 2.62 bits per heavy atom. The largest absolute Gasteiger partial charge is 0.305 e. The minimum absolute atomic E-state index is 0.181. The molecule has 0 saturated carbocycles. The van der Waals surface area contributed by atoms with E-state index < -0.39 is 4.92 Å². The molecule has 0 amide bonds. The van der Waals surface area contributed by atoms with E-state index in [1.165, 1.54) is 15.9 Å². The summed E-state index contributed by atoms with van der Waals surface area (Å²) in [6, 6.07) is 9.67. The van der Waals surface area contributed by atoms with Gasteiger partial charge in [0.1, 0.15) is 17.2 Å². The van der Waals surface area contributed by atoms with E-state index >= 15 is 0 Å². The molecule has 3 aromatic heterocycles. The third-order valence-corrected chi connectivity index (χ3v) is 5.82. The maximum absolute atomic E-state index is 13.3. The molecular formula is C19H13N5O3S2. The van der Waals surface area contributed by atoms with E-state index in [1.54, 1.807) is 6.08 Å². The van der Waals surface area contributed by atoms with Crippen molar-refractivity contribution < 1.29 is 4.92 Å². The number of nitrogens with zero attached hydrogens (tertiary/aromatic N) is 5. The molecule has 8 nitrogen and oxygen atoms in total. The maximum Gasteiger partial charge on any atom is 0.305 e. The van der Waals surface area contributed by atoms with Crippen LogP contribution in [0.15, 0.2) is 75.9 Å². The van der Waals surface area contributed by atoms with E-state index in [2.05, 4.69) is 21.5 Å². The molecule has 0 aliphatic carbocycles. The summed E-state index contributed by atoms with van der Waals surface area (Å²) in [5.74, 6) is 0. The number of nitro groups is 1. The first-order chi connectivity index (χ1) is 14.1. The number of fused-ring (bicyclic) bond motifs is 1. The number of thiophene rings is 1. The number of hydrogen-bond acceptors (Lipinski definition) is 8. The first-order valence-electron chi connectivity index (χ1n) is 8.41. The summed E-state index contributed by atoms with van der Waals surface area (Å²) >= 11 is 2.46. The van der Waals surface area contributed by atoms with Crippen LogP contribution in [0.4, 0.5) is 5.69 Å². The Hall–Kier alpha value is -3.37. The second-order valence-corrected chi connectivity index (χ2v) is 7.67. The maximum atomic E-state index is 13.3. The van der Waals surface area contributed by atoms with Crippen molar-refractivity contribution in [3.05, 3.63) is 81.2 Å². The molecule has 144 valence electrons. The van der Waals surface area contributed by atoms with Crippen molar-refractivity contribution in [1.29, 1.82) is 0 Å². The molecule has 4 rings (SSSR count). The monoisotopic (exact) mass is 423 g/mol. The summed E-state index contributed by atoms with van der Waals surface area (Å²) in [6.07, 6.45) is 3.87. The fraction of sp³-hybridized carbons (Fsp3) is 0.0526. The van der Waals surface area contributed by atoms with Gasteiger partial charge in [0.25, 0.3) is 5.56 Å². The minimum atomic E-state index is -0.566. The summed E-state index contributed by atoms with van der Waals surface area (Å²) in [5.41, 5.74) is 1.40. The van der Waals surface area contributed by atoms with Crippen molar-refractivity contribution in [1.82, 2.24) is 19.5 Å². The number of allylic oxidation sites excluding steroid dienone is 1. The molecule has 4 aromatic rings. The summed E-state index contributed by atoms with van der Waals surface area (Å²) in [7, 11) is 0. The highest BCUT2D eigenvalue weighted by Gasteiger charge is 2.18. The van der Waals surface area contributed by atoms with Gasteiger partial charge in [-0.05, 0) is 17.3 Å². The van der Waals surface area contributed by atoms with Gasteiger partial charge in [0.15, 0.2) is 10.3 Å². The number of rotatable bonds is 6. The smallest absolute Gasteiger partial charge is 0.283 e. The third-order valence-electron chi connectivity index (χ3n) is 4.06. The molecular weight excluding hydrogens is 410 g/mol. The van der Waals surface area contributed by atoms with Crippen LogP contribution in [0.25, 0.3) is 21.3 Å². The van der Waals surface area contributed by atoms with Crippen LogP contribution < -0.4 is 5.56 Å². The molecule has 29 heavy (non-hydrogen) atoms. The molecule has 0 aliphatic rings. The second-order valence-electron chi connectivity index (χ2n) is 5.88. The number of aromatic nitrogens is 4. The van der Waals surface area contributed by atoms with Crippen LogP contribution in [0.2, 0.25) is 0 Å². The predicted molar refractivity (Wildman–Crippen MR) is 112 cm³/mol. The van der Waals surface area contributed by atoms with Gasteiger partial charge in [0.05, 0.1) is 10.3 Å². The molecule has 0 bridgehead atoms. The Morgan fingerprint density at radius 1 is 1.24 bits per heavy atom. The normalized spacial score (nSPS) is 10.9. The van der Waals surface area contributed by atoms with Gasteiger partial charge in [-0.3, -0.25) is 19.5 Å². The number of hydrogen-bond donors (Lipinski definition) is 0. The van der Waals surface area contributed by atoms with Crippen molar-refractivity contribution in [2.24, 2.45) is 0 Å². The summed E-state index contributed by atoms with van der Waals surface area (Å²) < 4.78 is 1.50. The SMILES string of the molecule is C=CCn1c(Sc2ncc([N+](=O)[O-])cn2)nc2scc(-c3ccccc3)c2c1=O. The highest BCUT2D eigenvalue weighted by Crippen LogP contribution is 2.33. The molecule has 0 fully saturated rings. The molecule has 10 heteroatoms. The van der Waals surface area contributed by atoms with E-state index in [-0.39, 0.29) is 22.9 Å². The molecule has 0 radical (unpaired) electrons. The Kier molecular flexibility index (Phi) is 5.19. The van der Waals surface area contributed by atoms with Crippen molar-refractivity contribution in [2.75, 3.05) is 0 Å². The van der Waals surface area contributed by atoms with Crippen LogP contribution >= 0.6 is 23.1 Å². The fourth-order valence-electron chi connectivity index (χ4n) is 2.74. The molecule has 0 unspecified atom stereocenters. The molecule has 3 heterocycles. The Balaban J connectivity index is 1.82. The molecule has 0 spiro atoms. The molecule has 0 saturated heterocycles. The van der Waals surface area contributed by atoms with Crippen LogP contribution in [0.1, 0.15) is 0 Å². The van der Waals surface area contributed by atoms with Crippen molar-refractivity contribution in [3.8, 4) is 11.1 Å². The molecule has 0 atom stereocenters. The zero-order valence-electron chi connectivity index (χ0n) is 14.9. The van der Waals surface area contributed by atoms with Crippen molar-refractivity contribution >= 4 is 39.0 Å². The van der Waals surface area contributed by atoms with Gasteiger partial charge in [-0.15, -0.1) is 17.9 Å². The van der Waals surface area contributed by atoms with E-state index in [4.69, 9.17) is 0 Å². The van der Waals surface area contributed by atoms with E-state index in [0.29, 0.717) is 15.4 Å². The van der Waals surface area contributed by atoms with Gasteiger partial charge >= 0.3 is 5.69 Å². The Bertz CT molecular complexity index is 1270. The first kappa shape index (κ1) is 19.0. The van der Waals surface area contributed by atoms with E-state index in [9.17, 15) is 14.9 Å². The Labute approximate surface area is 172 Å². The van der Waals surface area contributed by atoms with Gasteiger partial charge in [-0.2, -0.15) is 0 Å². The average molecular weight is 423 g/mol. The first-order valence-corrected chi connectivity index (χ1v) is 10.1. The average Bonchev–Trinajstić information content (AvgIpc) is 3.16. The highest BCUT2D eigenvalue weighted by atomic mass is 32.2. The lowest BCUT2D eigenvalue weighted by molar-refractivity contribution is -0.385. The highest BCUT2D eigenvalue weighted by molar-refractivity contribution is 7.99. The minimum Gasteiger partial charge on any atom is -0.283 e. The second kappa shape index (κ2) is 7.94. The van der Waals surface area contributed by atoms with E-state index in [1.807, 2.05) is 35.7 Å². The van der Waals surface area contributed by atoms with Gasteiger partial charge in [-0.1, -0.05) is 36.4 Å². The zero-order valence-corrected chi connectivity index (χ0v) is 16.5. The predicted octanol–water partition coefficient (Wildman–Crippen LogP) is 4.16. The number of benzene rings is 1. The quantitative estimate of drug-likeness (QED) is 0.198. The van der Waals surface area contributed by atoms with Crippen molar-refractivity contribution in [3.63, 3.8) is 0 Å². The lowest BCUT2D eigenvalue weighted by Crippen LogP contribution is -2.22. The van der Waals surface area contributed by atoms with Gasteiger partial charge in [0, 0.05) is 17.5 Å². The van der Waals surface area contributed by atoms with Gasteiger partial charge in [0.2, 0.25) is 0 Å². The topological polar surface area (TPSA) is 104 Å². The summed E-state index contributed by atoms with van der Waals surface area (Å²) in [6.45, 7) is 3.99. The molecule has 0 aliphatic heterocycles. The molecule has 0 N–H and O–H groups in total. The molecule has 1 aromatic carbocycles.